The zero-order chi connectivity index (χ0) is 16.6. The first-order valence-electron chi connectivity index (χ1n) is 7.75. The number of hydrogen-bond donors (Lipinski definition) is 1. The molecule has 1 heterocycles. The number of aromatic nitrogens is 2. The van der Waals surface area contributed by atoms with Crippen LogP contribution in [0.4, 0.5) is 10.8 Å². The number of benzene rings is 2. The fourth-order valence-corrected chi connectivity index (χ4v) is 4.01. The Balaban J connectivity index is 1.46. The molecule has 0 unspecified atom stereocenters. The van der Waals surface area contributed by atoms with Crippen molar-refractivity contribution in [2.24, 2.45) is 0 Å². The van der Waals surface area contributed by atoms with Gasteiger partial charge in [0.25, 0.3) is 0 Å². The topological polar surface area (TPSA) is 47.0 Å². The van der Waals surface area contributed by atoms with Crippen LogP contribution in [0, 0.1) is 0 Å². The number of nitrogens with zero attached hydrogens (tertiary/aromatic N) is 2. The summed E-state index contributed by atoms with van der Waals surface area (Å²) in [5, 5.41) is 12.5. The molecule has 6 heteroatoms. The molecule has 3 aromatic rings. The Bertz CT molecular complexity index is 762. The second kappa shape index (κ2) is 8.70. The Labute approximate surface area is 150 Å². The predicted octanol–water partition coefficient (Wildman–Crippen LogP) is 5.02. The minimum Gasteiger partial charge on any atom is -0.497 e. The number of thioether (sulfide) groups is 1. The molecule has 0 bridgehead atoms. The predicted molar refractivity (Wildman–Crippen MR) is 102 cm³/mol. The van der Waals surface area contributed by atoms with Crippen LogP contribution >= 0.6 is 23.1 Å². The highest BCUT2D eigenvalue weighted by atomic mass is 32.2. The van der Waals surface area contributed by atoms with Gasteiger partial charge < -0.3 is 10.1 Å². The van der Waals surface area contributed by atoms with Crippen LogP contribution in [0.1, 0.15) is 12.0 Å². The van der Waals surface area contributed by atoms with Gasteiger partial charge in [0.1, 0.15) is 5.75 Å². The van der Waals surface area contributed by atoms with Gasteiger partial charge in [-0.15, -0.1) is 10.2 Å². The molecule has 0 radical (unpaired) electrons. The van der Waals surface area contributed by atoms with Gasteiger partial charge >= 0.3 is 0 Å². The maximum atomic E-state index is 5.22. The van der Waals surface area contributed by atoms with E-state index in [0.717, 1.165) is 39.5 Å². The number of nitrogens with one attached hydrogen (secondary N) is 1. The van der Waals surface area contributed by atoms with Crippen LogP contribution in [0.25, 0.3) is 0 Å². The zero-order valence-corrected chi connectivity index (χ0v) is 15.1. The molecule has 4 nitrogen and oxygen atoms in total. The third-order valence-corrected chi connectivity index (χ3v) is 5.46. The van der Waals surface area contributed by atoms with Crippen LogP contribution in [-0.2, 0) is 6.42 Å². The van der Waals surface area contributed by atoms with Gasteiger partial charge in [0.2, 0.25) is 5.13 Å². The van der Waals surface area contributed by atoms with Crippen molar-refractivity contribution in [1.29, 1.82) is 0 Å². The molecule has 124 valence electrons. The van der Waals surface area contributed by atoms with Crippen LogP contribution in [0.5, 0.6) is 5.75 Å². The average molecular weight is 358 g/mol. The summed E-state index contributed by atoms with van der Waals surface area (Å²) in [5.74, 6) is 1.86. The maximum Gasteiger partial charge on any atom is 0.210 e. The van der Waals surface area contributed by atoms with E-state index in [0.29, 0.717) is 0 Å². The number of rotatable bonds is 8. The summed E-state index contributed by atoms with van der Waals surface area (Å²) in [4.78, 5) is 0. The van der Waals surface area contributed by atoms with Crippen molar-refractivity contribution in [2.75, 3.05) is 18.2 Å². The first-order valence-corrected chi connectivity index (χ1v) is 9.55. The lowest BCUT2D eigenvalue weighted by molar-refractivity contribution is 0.415. The fourth-order valence-electron chi connectivity index (χ4n) is 2.22. The Kier molecular flexibility index (Phi) is 6.09. The number of anilines is 2. The first kappa shape index (κ1) is 16.8. The summed E-state index contributed by atoms with van der Waals surface area (Å²) >= 11 is 3.34. The number of ether oxygens (including phenoxy) is 1. The van der Waals surface area contributed by atoms with Gasteiger partial charge in [0.05, 0.1) is 7.11 Å². The highest BCUT2D eigenvalue weighted by Gasteiger charge is 2.05. The molecule has 0 aliphatic carbocycles. The molecule has 0 saturated heterocycles. The van der Waals surface area contributed by atoms with Gasteiger partial charge in [-0.3, -0.25) is 0 Å². The maximum absolute atomic E-state index is 5.22. The summed E-state index contributed by atoms with van der Waals surface area (Å²) in [6.45, 7) is 0. The lowest BCUT2D eigenvalue weighted by Gasteiger charge is -2.04. The molecule has 0 aliphatic rings. The van der Waals surface area contributed by atoms with E-state index in [2.05, 4.69) is 45.8 Å². The highest BCUT2D eigenvalue weighted by Crippen LogP contribution is 2.29. The molecular weight excluding hydrogens is 338 g/mol. The van der Waals surface area contributed by atoms with Crippen molar-refractivity contribution in [3.05, 3.63) is 60.2 Å². The Hall–Kier alpha value is -2.05. The summed E-state index contributed by atoms with van der Waals surface area (Å²) in [6, 6.07) is 18.4. The second-order valence-electron chi connectivity index (χ2n) is 5.17. The summed E-state index contributed by atoms with van der Waals surface area (Å²) in [7, 11) is 1.66. The third kappa shape index (κ3) is 4.97. The van der Waals surface area contributed by atoms with Crippen molar-refractivity contribution in [3.63, 3.8) is 0 Å². The van der Waals surface area contributed by atoms with Crippen LogP contribution < -0.4 is 10.1 Å². The fraction of sp³-hybridized carbons (Fsp3) is 0.222. The van der Waals surface area contributed by atoms with Crippen molar-refractivity contribution >= 4 is 33.9 Å². The molecule has 1 N–H and O–H groups in total. The van der Waals surface area contributed by atoms with Gasteiger partial charge in [-0.1, -0.05) is 59.5 Å². The van der Waals surface area contributed by atoms with E-state index in [-0.39, 0.29) is 0 Å². The quantitative estimate of drug-likeness (QED) is 0.453. The molecule has 0 amide bonds. The molecule has 0 saturated carbocycles. The SMILES string of the molecule is COc1cccc(Nc2nnc(SCCCc3ccccc3)s2)c1. The van der Waals surface area contributed by atoms with E-state index in [1.54, 1.807) is 30.2 Å². The second-order valence-corrected chi connectivity index (χ2v) is 7.49. The van der Waals surface area contributed by atoms with E-state index in [1.807, 2.05) is 24.3 Å². The molecular formula is C18H19N3OS2. The molecule has 24 heavy (non-hydrogen) atoms. The first-order chi connectivity index (χ1) is 11.8. The molecule has 0 fully saturated rings. The minimum atomic E-state index is 0.800. The van der Waals surface area contributed by atoms with Crippen molar-refractivity contribution in [2.45, 2.75) is 17.2 Å². The van der Waals surface area contributed by atoms with Gasteiger partial charge in [-0.25, -0.2) is 0 Å². The van der Waals surface area contributed by atoms with E-state index in [9.17, 15) is 0 Å². The molecule has 0 aliphatic heterocycles. The largest absolute Gasteiger partial charge is 0.497 e. The molecule has 3 rings (SSSR count). The third-order valence-electron chi connectivity index (χ3n) is 3.41. The van der Waals surface area contributed by atoms with Gasteiger partial charge in [-0.05, 0) is 30.5 Å². The lowest BCUT2D eigenvalue weighted by Crippen LogP contribution is -1.90. The highest BCUT2D eigenvalue weighted by molar-refractivity contribution is 8.01. The molecule has 2 aromatic carbocycles. The van der Waals surface area contributed by atoms with Crippen LogP contribution in [-0.4, -0.2) is 23.1 Å². The van der Waals surface area contributed by atoms with Crippen LogP contribution in [0.15, 0.2) is 58.9 Å². The van der Waals surface area contributed by atoms with Gasteiger partial charge in [0.15, 0.2) is 4.34 Å². The van der Waals surface area contributed by atoms with Crippen molar-refractivity contribution in [3.8, 4) is 5.75 Å². The standard InChI is InChI=1S/C18H19N3OS2/c1-22-16-11-5-10-15(13-16)19-17-20-21-18(24-17)23-12-6-9-14-7-3-2-4-8-14/h2-5,7-8,10-11,13H,6,9,12H2,1H3,(H,19,20). The minimum absolute atomic E-state index is 0.800. The van der Waals surface area contributed by atoms with Gasteiger partial charge in [-0.2, -0.15) is 0 Å². The number of aryl methyl sites for hydroxylation is 1. The average Bonchev–Trinajstić information content (AvgIpc) is 3.07. The lowest BCUT2D eigenvalue weighted by atomic mass is 10.1. The molecule has 0 atom stereocenters. The van der Waals surface area contributed by atoms with E-state index in [4.69, 9.17) is 4.74 Å². The Morgan fingerprint density at radius 2 is 1.96 bits per heavy atom. The smallest absolute Gasteiger partial charge is 0.210 e. The van der Waals surface area contributed by atoms with Crippen LogP contribution in [0.3, 0.4) is 0 Å². The molecule has 1 aromatic heterocycles. The number of methoxy groups -OCH3 is 1. The summed E-state index contributed by atoms with van der Waals surface area (Å²) < 4.78 is 6.22. The van der Waals surface area contributed by atoms with Crippen molar-refractivity contribution in [1.82, 2.24) is 10.2 Å². The Morgan fingerprint density at radius 3 is 2.79 bits per heavy atom. The van der Waals surface area contributed by atoms with E-state index in [1.165, 1.54) is 5.56 Å². The number of hydrogen-bond acceptors (Lipinski definition) is 6. The summed E-state index contributed by atoms with van der Waals surface area (Å²) in [5.41, 5.74) is 2.34. The normalized spacial score (nSPS) is 10.5. The monoisotopic (exact) mass is 357 g/mol. The van der Waals surface area contributed by atoms with Crippen LogP contribution in [0.2, 0.25) is 0 Å². The van der Waals surface area contributed by atoms with Gasteiger partial charge in [0, 0.05) is 17.5 Å². The van der Waals surface area contributed by atoms with E-state index < -0.39 is 0 Å². The summed E-state index contributed by atoms with van der Waals surface area (Å²) in [6.07, 6.45) is 2.23. The molecule has 0 spiro atoms. The van der Waals surface area contributed by atoms with E-state index >= 15 is 0 Å². The Morgan fingerprint density at radius 1 is 1.08 bits per heavy atom. The van der Waals surface area contributed by atoms with Crippen molar-refractivity contribution < 1.29 is 4.74 Å². The zero-order valence-electron chi connectivity index (χ0n) is 13.4.